The highest BCUT2D eigenvalue weighted by Gasteiger charge is 2.25. The van der Waals surface area contributed by atoms with Gasteiger partial charge in [-0.3, -0.25) is 15.0 Å². The summed E-state index contributed by atoms with van der Waals surface area (Å²) >= 11 is 5.84. The number of phenols is 1. The van der Waals surface area contributed by atoms with Gasteiger partial charge in [-0.25, -0.2) is 0 Å². The first-order valence-corrected chi connectivity index (χ1v) is 7.35. The van der Waals surface area contributed by atoms with Gasteiger partial charge in [0.2, 0.25) is 5.55 Å². The van der Waals surface area contributed by atoms with E-state index in [2.05, 4.69) is 5.32 Å². The number of rotatable bonds is 4. The van der Waals surface area contributed by atoms with Gasteiger partial charge >= 0.3 is 0 Å². The van der Waals surface area contributed by atoms with Crippen molar-refractivity contribution in [1.29, 1.82) is 5.41 Å². The molecule has 0 unspecified atom stereocenters. The summed E-state index contributed by atoms with van der Waals surface area (Å²) in [6.45, 7) is 0. The van der Waals surface area contributed by atoms with Gasteiger partial charge in [-0.1, -0.05) is 11.6 Å². The molecule has 23 heavy (non-hydrogen) atoms. The third kappa shape index (κ3) is 3.27. The van der Waals surface area contributed by atoms with Gasteiger partial charge in [0.15, 0.2) is 5.78 Å². The maximum absolute atomic E-state index is 12.5. The van der Waals surface area contributed by atoms with Gasteiger partial charge in [0.1, 0.15) is 17.6 Å². The Morgan fingerprint density at radius 3 is 2.70 bits per heavy atom. The predicted octanol–water partition coefficient (Wildman–Crippen LogP) is 2.24. The summed E-state index contributed by atoms with van der Waals surface area (Å²) < 4.78 is 5.00. The first kappa shape index (κ1) is 15.3. The second-order valence-electron chi connectivity index (χ2n) is 5.32. The Morgan fingerprint density at radius 1 is 1.26 bits per heavy atom. The Hall–Kier alpha value is -2.60. The first-order chi connectivity index (χ1) is 11.0. The summed E-state index contributed by atoms with van der Waals surface area (Å²) in [5.41, 5.74) is -0.294. The smallest absolute Gasteiger partial charge is 0.257 e. The molecule has 118 valence electrons. The fourth-order valence-electron chi connectivity index (χ4n) is 2.07. The van der Waals surface area contributed by atoms with Crippen LogP contribution >= 0.6 is 11.6 Å². The molecule has 1 aromatic heterocycles. The molecule has 1 aliphatic rings. The second kappa shape index (κ2) is 5.89. The molecule has 1 fully saturated rings. The second-order valence-corrected chi connectivity index (χ2v) is 5.75. The standard InChI is InChI=1S/C16H13ClN2O4/c17-9-1-4-13(20)11(6-9)14(21)8-5-12(15(18)23-7-8)16(22)19-10-2-3-10/h1,4-7,10,18,20H,2-3H2,(H,19,22). The molecule has 0 saturated heterocycles. The van der Waals surface area contributed by atoms with Gasteiger partial charge in [-0.2, -0.15) is 0 Å². The van der Waals surface area contributed by atoms with Gasteiger partial charge in [0.05, 0.1) is 11.1 Å². The van der Waals surface area contributed by atoms with Crippen molar-refractivity contribution in [3.8, 4) is 5.75 Å². The normalized spacial score (nSPS) is 13.6. The molecule has 1 heterocycles. The molecule has 0 atom stereocenters. The van der Waals surface area contributed by atoms with E-state index in [1.807, 2.05) is 0 Å². The Kier molecular flexibility index (Phi) is 3.92. The maximum Gasteiger partial charge on any atom is 0.257 e. The highest BCUT2D eigenvalue weighted by molar-refractivity contribution is 6.31. The Bertz CT molecular complexity index is 855. The molecule has 7 heteroatoms. The number of amides is 1. The monoisotopic (exact) mass is 332 g/mol. The summed E-state index contributed by atoms with van der Waals surface area (Å²) in [7, 11) is 0. The fourth-order valence-corrected chi connectivity index (χ4v) is 2.24. The molecule has 6 nitrogen and oxygen atoms in total. The van der Waals surface area contributed by atoms with Crippen molar-refractivity contribution < 1.29 is 19.1 Å². The van der Waals surface area contributed by atoms with Gasteiger partial charge in [0.25, 0.3) is 5.91 Å². The first-order valence-electron chi connectivity index (χ1n) is 6.97. The van der Waals surface area contributed by atoms with Crippen molar-refractivity contribution in [3.05, 3.63) is 57.8 Å². The minimum absolute atomic E-state index is 0.000943. The minimum atomic E-state index is -0.547. The molecule has 1 aromatic carbocycles. The van der Waals surface area contributed by atoms with E-state index < -0.39 is 11.7 Å². The van der Waals surface area contributed by atoms with Crippen molar-refractivity contribution in [2.24, 2.45) is 0 Å². The third-order valence-electron chi connectivity index (χ3n) is 3.47. The largest absolute Gasteiger partial charge is 0.507 e. The lowest BCUT2D eigenvalue weighted by Crippen LogP contribution is -2.30. The van der Waals surface area contributed by atoms with Gasteiger partial charge in [-0.15, -0.1) is 0 Å². The summed E-state index contributed by atoms with van der Waals surface area (Å²) in [5.74, 6) is -1.22. The quantitative estimate of drug-likeness (QED) is 0.747. The molecule has 1 amide bonds. The van der Waals surface area contributed by atoms with E-state index >= 15 is 0 Å². The van der Waals surface area contributed by atoms with E-state index in [4.69, 9.17) is 21.4 Å². The predicted molar refractivity (Wildman–Crippen MR) is 81.6 cm³/mol. The van der Waals surface area contributed by atoms with Crippen molar-refractivity contribution in [2.45, 2.75) is 18.9 Å². The molecular weight excluding hydrogens is 320 g/mol. The van der Waals surface area contributed by atoms with Crippen LogP contribution < -0.4 is 10.9 Å². The lowest BCUT2D eigenvalue weighted by molar-refractivity contribution is 0.0946. The number of aromatic hydroxyl groups is 1. The van der Waals surface area contributed by atoms with E-state index in [1.54, 1.807) is 0 Å². The highest BCUT2D eigenvalue weighted by Crippen LogP contribution is 2.24. The van der Waals surface area contributed by atoms with Crippen LogP contribution in [-0.2, 0) is 0 Å². The highest BCUT2D eigenvalue weighted by atomic mass is 35.5. The number of benzene rings is 1. The van der Waals surface area contributed by atoms with Crippen LogP contribution in [0.4, 0.5) is 0 Å². The number of hydrogen-bond acceptors (Lipinski definition) is 5. The van der Waals surface area contributed by atoms with E-state index in [1.165, 1.54) is 24.3 Å². The molecule has 2 aromatic rings. The lowest BCUT2D eigenvalue weighted by atomic mass is 10.0. The number of carbonyl (C=O) groups excluding carboxylic acids is 2. The average molecular weight is 333 g/mol. The molecule has 0 bridgehead atoms. The molecular formula is C16H13ClN2O4. The van der Waals surface area contributed by atoms with Crippen LogP contribution in [0.2, 0.25) is 5.02 Å². The SMILES string of the molecule is N=c1occ(C(=O)c2cc(Cl)ccc2O)cc1C(=O)NC1CC1. The Labute approximate surface area is 136 Å². The van der Waals surface area contributed by atoms with Crippen molar-refractivity contribution in [1.82, 2.24) is 5.32 Å². The van der Waals surface area contributed by atoms with E-state index in [0.29, 0.717) is 5.02 Å². The number of halogens is 1. The maximum atomic E-state index is 12.5. The van der Waals surface area contributed by atoms with Gasteiger partial charge < -0.3 is 14.8 Å². The summed E-state index contributed by atoms with van der Waals surface area (Å²) in [5, 5.41) is 20.5. The summed E-state index contributed by atoms with van der Waals surface area (Å²) in [4.78, 5) is 24.5. The van der Waals surface area contributed by atoms with Crippen LogP contribution in [0.1, 0.15) is 39.1 Å². The summed E-state index contributed by atoms with van der Waals surface area (Å²) in [6.07, 6.45) is 2.90. The average Bonchev–Trinajstić information content (AvgIpc) is 3.33. The molecule has 0 aliphatic heterocycles. The van der Waals surface area contributed by atoms with Crippen LogP contribution in [0.15, 0.2) is 34.9 Å². The fraction of sp³-hybridized carbons (Fsp3) is 0.188. The number of hydrogen-bond donors (Lipinski definition) is 3. The molecule has 0 radical (unpaired) electrons. The van der Waals surface area contributed by atoms with Crippen molar-refractivity contribution >= 4 is 23.3 Å². The molecule has 1 aliphatic carbocycles. The van der Waals surface area contributed by atoms with Crippen molar-refractivity contribution in [3.63, 3.8) is 0 Å². The topological polar surface area (TPSA) is 103 Å². The van der Waals surface area contributed by atoms with Crippen LogP contribution in [0.25, 0.3) is 0 Å². The van der Waals surface area contributed by atoms with Crippen LogP contribution in [-0.4, -0.2) is 22.8 Å². The Balaban J connectivity index is 1.96. The lowest BCUT2D eigenvalue weighted by Gasteiger charge is -2.07. The number of ketones is 1. The minimum Gasteiger partial charge on any atom is -0.507 e. The third-order valence-corrected chi connectivity index (χ3v) is 3.71. The molecule has 3 N–H and O–H groups in total. The van der Waals surface area contributed by atoms with Crippen LogP contribution in [0.5, 0.6) is 5.75 Å². The molecule has 0 spiro atoms. The van der Waals surface area contributed by atoms with Crippen LogP contribution in [0.3, 0.4) is 0 Å². The van der Waals surface area contributed by atoms with Gasteiger partial charge in [-0.05, 0) is 37.1 Å². The van der Waals surface area contributed by atoms with E-state index in [-0.39, 0.29) is 34.0 Å². The van der Waals surface area contributed by atoms with Gasteiger partial charge in [0, 0.05) is 11.1 Å². The number of carbonyl (C=O) groups is 2. The Morgan fingerprint density at radius 2 is 2.00 bits per heavy atom. The van der Waals surface area contributed by atoms with Crippen LogP contribution in [0, 0.1) is 5.41 Å². The molecule has 3 rings (SSSR count). The van der Waals surface area contributed by atoms with E-state index in [9.17, 15) is 14.7 Å². The zero-order chi connectivity index (χ0) is 16.6. The van der Waals surface area contributed by atoms with E-state index in [0.717, 1.165) is 19.1 Å². The molecule has 1 saturated carbocycles. The zero-order valence-electron chi connectivity index (χ0n) is 11.9. The zero-order valence-corrected chi connectivity index (χ0v) is 12.7. The van der Waals surface area contributed by atoms with Crippen molar-refractivity contribution in [2.75, 3.05) is 0 Å². The number of nitrogens with one attached hydrogen (secondary N) is 2. The number of phenolic OH excluding ortho intramolecular Hbond substituents is 1. The summed E-state index contributed by atoms with van der Waals surface area (Å²) in [6, 6.07) is 5.51.